The van der Waals surface area contributed by atoms with E-state index in [4.69, 9.17) is 21.3 Å². The van der Waals surface area contributed by atoms with Gasteiger partial charge in [0.25, 0.3) is 5.91 Å². The van der Waals surface area contributed by atoms with Gasteiger partial charge >= 0.3 is 12.3 Å². The molecule has 0 aliphatic rings. The number of rotatable bonds is 8. The summed E-state index contributed by atoms with van der Waals surface area (Å²) in [5, 5.41) is 7.56. The van der Waals surface area contributed by atoms with Gasteiger partial charge in [0.15, 0.2) is 11.8 Å². The van der Waals surface area contributed by atoms with E-state index in [1.807, 2.05) is 0 Å². The number of carbonyl (C=O) groups is 2. The first-order valence-electron chi connectivity index (χ1n) is 9.67. The molecule has 0 heterocycles. The van der Waals surface area contributed by atoms with Crippen molar-refractivity contribution in [2.45, 2.75) is 19.2 Å². The number of hydrogen-bond acceptors (Lipinski definition) is 7. The number of oxime groups is 2. The third-order valence-electron chi connectivity index (χ3n) is 4.45. The number of halogens is 4. The number of ether oxygens (including phenoxy) is 1. The summed E-state index contributed by atoms with van der Waals surface area (Å²) >= 11 is 5.36. The van der Waals surface area contributed by atoms with Gasteiger partial charge in [0.05, 0.1) is 11.8 Å². The molecule has 0 aliphatic carbocycles. The Kier molecular flexibility index (Phi) is 9.43. The van der Waals surface area contributed by atoms with Crippen molar-refractivity contribution in [3.63, 3.8) is 0 Å². The van der Waals surface area contributed by atoms with Gasteiger partial charge in [-0.2, -0.15) is 13.2 Å². The van der Waals surface area contributed by atoms with Gasteiger partial charge in [-0.05, 0) is 24.6 Å². The first-order chi connectivity index (χ1) is 16.1. The summed E-state index contributed by atoms with van der Waals surface area (Å²) in [7, 11) is 2.40. The smallest absolute Gasteiger partial charge is 0.417 e. The Hall–Kier alpha value is -3.60. The fourth-order valence-electron chi connectivity index (χ4n) is 2.71. The van der Waals surface area contributed by atoms with Gasteiger partial charge in [0, 0.05) is 18.2 Å². The highest BCUT2D eigenvalue weighted by Crippen LogP contribution is 2.31. The van der Waals surface area contributed by atoms with Gasteiger partial charge in [0.1, 0.15) is 13.2 Å². The highest BCUT2D eigenvalue weighted by atomic mass is 35.5. The molecule has 0 bridgehead atoms. The molecule has 0 saturated heterocycles. The minimum Gasteiger partial charge on any atom is -0.433 e. The van der Waals surface area contributed by atoms with Crippen LogP contribution in [0.15, 0.2) is 58.8 Å². The van der Waals surface area contributed by atoms with E-state index in [0.29, 0.717) is 10.5 Å². The van der Waals surface area contributed by atoms with Crippen LogP contribution in [0.5, 0.6) is 0 Å². The van der Waals surface area contributed by atoms with Crippen molar-refractivity contribution in [3.05, 3.63) is 70.8 Å². The number of hydrogen-bond donors (Lipinski definition) is 0. The molecule has 0 saturated carbocycles. The predicted octanol–water partition coefficient (Wildman–Crippen LogP) is 4.96. The van der Waals surface area contributed by atoms with E-state index < -0.39 is 35.9 Å². The van der Waals surface area contributed by atoms with Gasteiger partial charge in [-0.3, -0.25) is 4.79 Å². The molecule has 0 aromatic heterocycles. The zero-order valence-electron chi connectivity index (χ0n) is 18.4. The van der Waals surface area contributed by atoms with Crippen LogP contribution in [-0.4, -0.2) is 49.1 Å². The molecule has 0 spiro atoms. The van der Waals surface area contributed by atoms with E-state index in [9.17, 15) is 22.8 Å². The van der Waals surface area contributed by atoms with E-state index >= 15 is 0 Å². The number of carbonyl (C=O) groups excluding carboxylic acids is 2. The molecule has 2 aromatic rings. The highest BCUT2D eigenvalue weighted by Gasteiger charge is 2.31. The molecular formula is C22H21ClF3N3O5. The van der Waals surface area contributed by atoms with Crippen molar-refractivity contribution in [1.29, 1.82) is 0 Å². The van der Waals surface area contributed by atoms with Crippen molar-refractivity contribution in [2.24, 2.45) is 10.3 Å². The lowest BCUT2D eigenvalue weighted by Gasteiger charge is -2.16. The summed E-state index contributed by atoms with van der Waals surface area (Å²) in [4.78, 5) is 35.4. The summed E-state index contributed by atoms with van der Waals surface area (Å²) in [6, 6.07) is 10.7. The molecule has 8 nitrogen and oxygen atoms in total. The molecule has 34 heavy (non-hydrogen) atoms. The molecule has 0 fully saturated rings. The second-order valence-corrected chi connectivity index (χ2v) is 6.92. The first-order valence-corrected chi connectivity index (χ1v) is 10.2. The van der Waals surface area contributed by atoms with Gasteiger partial charge in [-0.25, -0.2) is 9.69 Å². The number of likely N-dealkylation sites (N-methyl/N-ethyl adjacent to an activating group) is 1. The Morgan fingerprint density at radius 1 is 1.18 bits per heavy atom. The van der Waals surface area contributed by atoms with Gasteiger partial charge in [0.2, 0.25) is 0 Å². The number of benzene rings is 2. The Balaban J connectivity index is 2.26. The minimum absolute atomic E-state index is 0.232. The molecular weight excluding hydrogens is 479 g/mol. The van der Waals surface area contributed by atoms with Crippen LogP contribution in [0, 0.1) is 0 Å². The summed E-state index contributed by atoms with van der Waals surface area (Å²) in [5.74, 6) is -0.837. The van der Waals surface area contributed by atoms with Crippen molar-refractivity contribution < 1.29 is 37.2 Å². The maximum Gasteiger partial charge on any atom is 0.417 e. The Bertz CT molecular complexity index is 1080. The summed E-state index contributed by atoms with van der Waals surface area (Å²) < 4.78 is 43.4. The van der Waals surface area contributed by atoms with Gasteiger partial charge in [-0.1, -0.05) is 58.3 Å². The molecule has 12 heteroatoms. The molecule has 182 valence electrons. The van der Waals surface area contributed by atoms with Crippen LogP contribution in [-0.2, 0) is 25.4 Å². The SMILES string of the molecule is CO/N=C(/C(=O)N(C)C(=O)OCCl)c1ccccc1/C=N/OC(C)c1cccc(C(F)(F)F)c1. The summed E-state index contributed by atoms with van der Waals surface area (Å²) in [6.07, 6.45) is -5.01. The quantitative estimate of drug-likeness (QED) is 0.291. The normalized spacial score (nSPS) is 12.9. The van der Waals surface area contributed by atoms with Crippen LogP contribution < -0.4 is 0 Å². The van der Waals surface area contributed by atoms with E-state index in [1.54, 1.807) is 18.2 Å². The van der Waals surface area contributed by atoms with Crippen LogP contribution in [0.1, 0.15) is 35.3 Å². The van der Waals surface area contributed by atoms with E-state index in [2.05, 4.69) is 15.0 Å². The number of imide groups is 1. The van der Waals surface area contributed by atoms with Crippen LogP contribution in [0.2, 0.25) is 0 Å². The van der Waals surface area contributed by atoms with Crippen molar-refractivity contribution >= 4 is 35.5 Å². The van der Waals surface area contributed by atoms with Crippen LogP contribution in [0.25, 0.3) is 0 Å². The van der Waals surface area contributed by atoms with Gasteiger partial charge in [-0.15, -0.1) is 0 Å². The standard InChI is InChI=1S/C22H21ClF3N3O5/c1-14(15-8-6-9-17(11-15)22(24,25)26)34-27-12-16-7-4-5-10-18(16)19(28-32-3)20(30)29(2)21(31)33-13-23/h4-12,14H,13H2,1-3H3/b27-12+,28-19+. The molecule has 0 N–H and O–H groups in total. The Morgan fingerprint density at radius 3 is 2.53 bits per heavy atom. The zero-order chi connectivity index (χ0) is 25.3. The summed E-state index contributed by atoms with van der Waals surface area (Å²) in [5.41, 5.74) is -0.146. The lowest BCUT2D eigenvalue weighted by molar-refractivity contribution is -0.137. The lowest BCUT2D eigenvalue weighted by Crippen LogP contribution is -2.39. The van der Waals surface area contributed by atoms with Crippen LogP contribution >= 0.6 is 11.6 Å². The van der Waals surface area contributed by atoms with Gasteiger partial charge < -0.3 is 14.4 Å². The third kappa shape index (κ3) is 6.95. The third-order valence-corrected chi connectivity index (χ3v) is 4.56. The minimum atomic E-state index is -4.48. The first kappa shape index (κ1) is 26.7. The number of amides is 2. The molecule has 0 aliphatic heterocycles. The monoisotopic (exact) mass is 499 g/mol. The fraction of sp³-hybridized carbons (Fsp3) is 0.273. The molecule has 1 atom stereocenters. The lowest BCUT2D eigenvalue weighted by atomic mass is 10.0. The fourth-order valence-corrected chi connectivity index (χ4v) is 2.81. The van der Waals surface area contributed by atoms with Crippen LogP contribution in [0.4, 0.5) is 18.0 Å². The van der Waals surface area contributed by atoms with Crippen molar-refractivity contribution in [2.75, 3.05) is 20.2 Å². The average Bonchev–Trinajstić information content (AvgIpc) is 2.81. The van der Waals surface area contributed by atoms with Crippen molar-refractivity contribution in [3.8, 4) is 0 Å². The second kappa shape index (κ2) is 12.0. The zero-order valence-corrected chi connectivity index (χ0v) is 19.1. The maximum atomic E-state index is 12.9. The Morgan fingerprint density at radius 2 is 1.88 bits per heavy atom. The van der Waals surface area contributed by atoms with E-state index in [-0.39, 0.29) is 16.8 Å². The number of alkyl halides is 4. The topological polar surface area (TPSA) is 89.8 Å². The van der Waals surface area contributed by atoms with Crippen LogP contribution in [0.3, 0.4) is 0 Å². The summed E-state index contributed by atoms with van der Waals surface area (Å²) in [6.45, 7) is 1.54. The molecule has 0 radical (unpaired) electrons. The van der Waals surface area contributed by atoms with E-state index in [0.717, 1.165) is 12.1 Å². The maximum absolute atomic E-state index is 12.9. The molecule has 1 unspecified atom stereocenters. The van der Waals surface area contributed by atoms with E-state index in [1.165, 1.54) is 45.5 Å². The highest BCUT2D eigenvalue weighted by molar-refractivity contribution is 6.47. The molecule has 2 amide bonds. The molecule has 2 aromatic carbocycles. The van der Waals surface area contributed by atoms with Crippen molar-refractivity contribution in [1.82, 2.24) is 4.90 Å². The Labute approximate surface area is 198 Å². The second-order valence-electron chi connectivity index (χ2n) is 6.70. The largest absolute Gasteiger partial charge is 0.433 e. The predicted molar refractivity (Wildman–Crippen MR) is 118 cm³/mol. The molecule has 2 rings (SSSR count). The number of nitrogens with zero attached hydrogens (tertiary/aromatic N) is 3. The average molecular weight is 500 g/mol.